The summed E-state index contributed by atoms with van der Waals surface area (Å²) in [5.41, 5.74) is 6.01. The topological polar surface area (TPSA) is 67.2 Å². The fraction of sp³-hybridized carbons (Fsp3) is 0.950. The lowest BCUT2D eigenvalue weighted by Gasteiger charge is -2.33. The Hall–Kier alpha value is -0.610. The van der Waals surface area contributed by atoms with E-state index in [1.165, 1.54) is 57.8 Å². The highest BCUT2D eigenvalue weighted by molar-refractivity contribution is 5.75. The summed E-state index contributed by atoms with van der Waals surface area (Å²) in [6, 6.07) is 1.10. The average Bonchev–Trinajstić information content (AvgIpc) is 2.59. The van der Waals surface area contributed by atoms with E-state index in [1.807, 2.05) is 0 Å². The highest BCUT2D eigenvalue weighted by Crippen LogP contribution is 2.35. The van der Waals surface area contributed by atoms with Gasteiger partial charge in [0.15, 0.2) is 0 Å². The molecular weight excluding hydrogens is 298 g/mol. The average molecular weight is 338 g/mol. The van der Waals surface area contributed by atoms with Gasteiger partial charge in [0.25, 0.3) is 0 Å². The quantitative estimate of drug-likeness (QED) is 0.565. The number of carbonyl (C=O) groups excluding carboxylic acids is 1. The van der Waals surface area contributed by atoms with Crippen LogP contribution in [0, 0.1) is 11.8 Å². The van der Waals surface area contributed by atoms with Crippen molar-refractivity contribution >= 4 is 5.91 Å². The predicted molar refractivity (Wildman–Crippen MR) is 101 cm³/mol. The van der Waals surface area contributed by atoms with E-state index in [4.69, 9.17) is 5.73 Å². The number of unbranched alkanes of at least 4 members (excludes halogenated alkanes) is 1. The summed E-state index contributed by atoms with van der Waals surface area (Å²) < 4.78 is 0. The lowest BCUT2D eigenvalue weighted by molar-refractivity contribution is -0.121. The normalized spacial score (nSPS) is 30.9. The van der Waals surface area contributed by atoms with Crippen LogP contribution >= 0.6 is 0 Å². The molecule has 0 spiro atoms. The molecule has 0 aromatic rings. The van der Waals surface area contributed by atoms with Gasteiger partial charge in [-0.25, -0.2) is 0 Å². The van der Waals surface area contributed by atoms with E-state index in [0.29, 0.717) is 18.5 Å². The third-order valence-corrected chi connectivity index (χ3v) is 6.04. The van der Waals surface area contributed by atoms with Crippen molar-refractivity contribution < 1.29 is 4.79 Å². The SMILES string of the molecule is CCCCNC(=O)CCNC1CCC(CC2CCC(N)CC2)CC1. The van der Waals surface area contributed by atoms with Gasteiger partial charge in [0.2, 0.25) is 5.91 Å². The van der Waals surface area contributed by atoms with E-state index < -0.39 is 0 Å². The third-order valence-electron chi connectivity index (χ3n) is 6.04. The molecule has 0 saturated heterocycles. The van der Waals surface area contributed by atoms with Gasteiger partial charge in [-0.2, -0.15) is 0 Å². The molecule has 0 radical (unpaired) electrons. The second-order valence-electron chi connectivity index (χ2n) is 8.14. The number of nitrogens with one attached hydrogen (secondary N) is 2. The molecule has 0 aromatic heterocycles. The van der Waals surface area contributed by atoms with Gasteiger partial charge in [-0.15, -0.1) is 0 Å². The molecule has 2 aliphatic carbocycles. The van der Waals surface area contributed by atoms with Crippen LogP contribution in [0.3, 0.4) is 0 Å². The number of carbonyl (C=O) groups is 1. The summed E-state index contributed by atoms with van der Waals surface area (Å²) in [4.78, 5) is 11.7. The zero-order valence-corrected chi connectivity index (χ0v) is 15.7. The lowest BCUT2D eigenvalue weighted by Crippen LogP contribution is -2.36. The molecule has 2 saturated carbocycles. The van der Waals surface area contributed by atoms with E-state index >= 15 is 0 Å². The van der Waals surface area contributed by atoms with Gasteiger partial charge in [0, 0.05) is 31.6 Å². The second-order valence-corrected chi connectivity index (χ2v) is 8.14. The molecule has 24 heavy (non-hydrogen) atoms. The highest BCUT2D eigenvalue weighted by atomic mass is 16.1. The van der Waals surface area contributed by atoms with Crippen molar-refractivity contribution in [1.29, 1.82) is 0 Å². The van der Waals surface area contributed by atoms with Crippen molar-refractivity contribution in [3.63, 3.8) is 0 Å². The Kier molecular flexibility index (Phi) is 9.11. The molecule has 0 unspecified atom stereocenters. The molecule has 0 atom stereocenters. The molecule has 2 fully saturated rings. The van der Waals surface area contributed by atoms with Crippen molar-refractivity contribution in [2.24, 2.45) is 17.6 Å². The maximum Gasteiger partial charge on any atom is 0.221 e. The van der Waals surface area contributed by atoms with Crippen LogP contribution in [0.1, 0.15) is 84.0 Å². The summed E-state index contributed by atoms with van der Waals surface area (Å²) in [7, 11) is 0. The van der Waals surface area contributed by atoms with E-state index in [1.54, 1.807) is 0 Å². The fourth-order valence-corrected chi connectivity index (χ4v) is 4.38. The Bertz CT molecular complexity index is 345. The molecule has 0 aromatic carbocycles. The minimum Gasteiger partial charge on any atom is -0.356 e. The molecule has 2 rings (SSSR count). The monoisotopic (exact) mass is 337 g/mol. The molecule has 0 heterocycles. The number of hydrogen-bond donors (Lipinski definition) is 3. The largest absolute Gasteiger partial charge is 0.356 e. The first-order valence-corrected chi connectivity index (χ1v) is 10.4. The van der Waals surface area contributed by atoms with E-state index in [9.17, 15) is 4.79 Å². The smallest absolute Gasteiger partial charge is 0.221 e. The van der Waals surface area contributed by atoms with Gasteiger partial charge < -0.3 is 16.4 Å². The minimum absolute atomic E-state index is 0.195. The summed E-state index contributed by atoms with van der Waals surface area (Å²) in [6.07, 6.45) is 14.7. The van der Waals surface area contributed by atoms with Crippen molar-refractivity contribution in [3.05, 3.63) is 0 Å². The van der Waals surface area contributed by atoms with Gasteiger partial charge >= 0.3 is 0 Å². The molecule has 0 bridgehead atoms. The minimum atomic E-state index is 0.195. The van der Waals surface area contributed by atoms with Crippen LogP contribution in [-0.4, -0.2) is 31.1 Å². The van der Waals surface area contributed by atoms with Crippen LogP contribution in [-0.2, 0) is 4.79 Å². The van der Waals surface area contributed by atoms with Crippen molar-refractivity contribution in [1.82, 2.24) is 10.6 Å². The van der Waals surface area contributed by atoms with Crippen LogP contribution in [0.15, 0.2) is 0 Å². The molecule has 4 N–H and O–H groups in total. The first kappa shape index (κ1) is 19.7. The van der Waals surface area contributed by atoms with Crippen LogP contribution in [0.4, 0.5) is 0 Å². The summed E-state index contributed by atoms with van der Waals surface area (Å²) >= 11 is 0. The molecule has 4 nitrogen and oxygen atoms in total. The Morgan fingerprint density at radius 1 is 0.958 bits per heavy atom. The van der Waals surface area contributed by atoms with Gasteiger partial charge in [-0.3, -0.25) is 4.79 Å². The van der Waals surface area contributed by atoms with E-state index in [0.717, 1.165) is 37.8 Å². The van der Waals surface area contributed by atoms with Gasteiger partial charge in [-0.1, -0.05) is 13.3 Å². The Morgan fingerprint density at radius 3 is 2.21 bits per heavy atom. The number of rotatable bonds is 9. The van der Waals surface area contributed by atoms with Crippen molar-refractivity contribution in [3.8, 4) is 0 Å². The molecule has 140 valence electrons. The Morgan fingerprint density at radius 2 is 1.58 bits per heavy atom. The summed E-state index contributed by atoms with van der Waals surface area (Å²) in [5.74, 6) is 2.06. The first-order valence-electron chi connectivity index (χ1n) is 10.4. The van der Waals surface area contributed by atoms with Gasteiger partial charge in [0.05, 0.1) is 0 Å². The predicted octanol–water partition coefficient (Wildman–Crippen LogP) is 3.35. The van der Waals surface area contributed by atoms with Gasteiger partial charge in [-0.05, 0) is 76.0 Å². The zero-order chi connectivity index (χ0) is 17.2. The first-order chi connectivity index (χ1) is 11.7. The summed E-state index contributed by atoms with van der Waals surface area (Å²) in [5, 5.41) is 6.58. The highest BCUT2D eigenvalue weighted by Gasteiger charge is 2.25. The molecule has 2 aliphatic rings. The van der Waals surface area contributed by atoms with E-state index in [-0.39, 0.29) is 5.91 Å². The molecular formula is C20H39N3O. The van der Waals surface area contributed by atoms with Crippen molar-refractivity contribution in [2.75, 3.05) is 13.1 Å². The van der Waals surface area contributed by atoms with Crippen molar-refractivity contribution in [2.45, 2.75) is 96.1 Å². The second kappa shape index (κ2) is 11.1. The number of nitrogens with two attached hydrogens (primary N) is 1. The Labute approximate surface area is 148 Å². The summed E-state index contributed by atoms with van der Waals surface area (Å²) in [6.45, 7) is 3.80. The zero-order valence-electron chi connectivity index (χ0n) is 15.7. The standard InChI is InChI=1S/C20H39N3O/c1-2-3-13-23-20(24)12-14-22-19-10-6-17(7-11-19)15-16-4-8-18(21)9-5-16/h16-19,22H,2-15,21H2,1H3,(H,23,24). The molecule has 0 aliphatic heterocycles. The van der Waals surface area contributed by atoms with Crippen LogP contribution in [0.5, 0.6) is 0 Å². The van der Waals surface area contributed by atoms with Gasteiger partial charge in [0.1, 0.15) is 0 Å². The van der Waals surface area contributed by atoms with E-state index in [2.05, 4.69) is 17.6 Å². The maximum atomic E-state index is 11.7. The lowest BCUT2D eigenvalue weighted by atomic mass is 9.76. The fourth-order valence-electron chi connectivity index (χ4n) is 4.38. The Balaban J connectivity index is 1.50. The molecule has 1 amide bonds. The maximum absolute atomic E-state index is 11.7. The van der Waals surface area contributed by atoms with Crippen LogP contribution in [0.2, 0.25) is 0 Å². The number of amides is 1. The van der Waals surface area contributed by atoms with Crippen LogP contribution < -0.4 is 16.4 Å². The molecule has 4 heteroatoms. The number of hydrogen-bond acceptors (Lipinski definition) is 3. The van der Waals surface area contributed by atoms with Crippen LogP contribution in [0.25, 0.3) is 0 Å². The third kappa shape index (κ3) is 7.52.